The Hall–Kier alpha value is -1.88. The molecule has 1 fully saturated rings. The van der Waals surface area contributed by atoms with E-state index in [0.717, 1.165) is 18.4 Å². The monoisotopic (exact) mass is 233 g/mol. The summed E-state index contributed by atoms with van der Waals surface area (Å²) in [6.07, 6.45) is 2.13. The molecule has 0 bridgehead atoms. The summed E-state index contributed by atoms with van der Waals surface area (Å²) in [6, 6.07) is 8.30. The number of carbonyl (C=O) groups is 2. The third-order valence-corrected chi connectivity index (χ3v) is 2.62. The van der Waals surface area contributed by atoms with Gasteiger partial charge in [-0.3, -0.25) is 15.4 Å². The second-order valence-electron chi connectivity index (χ2n) is 4.14. The van der Waals surface area contributed by atoms with Crippen molar-refractivity contribution in [2.75, 3.05) is 0 Å². The molecule has 5 heteroatoms. The molecule has 0 radical (unpaired) electrons. The Bertz CT molecular complexity index is 415. The van der Waals surface area contributed by atoms with Crippen molar-refractivity contribution in [3.63, 3.8) is 0 Å². The Labute approximate surface area is 99.4 Å². The SMILES string of the molecule is NC(=O)NC(=O)[C@@H](NC1CC1)c1ccccc1. The second kappa shape index (κ2) is 4.97. The van der Waals surface area contributed by atoms with Crippen molar-refractivity contribution in [3.05, 3.63) is 35.9 Å². The third-order valence-electron chi connectivity index (χ3n) is 2.62. The lowest BCUT2D eigenvalue weighted by molar-refractivity contribution is -0.122. The van der Waals surface area contributed by atoms with Gasteiger partial charge in [-0.25, -0.2) is 4.79 Å². The predicted molar refractivity (Wildman–Crippen MR) is 63.1 cm³/mol. The highest BCUT2D eigenvalue weighted by molar-refractivity contribution is 5.96. The number of rotatable bonds is 4. The van der Waals surface area contributed by atoms with Crippen LogP contribution < -0.4 is 16.4 Å². The van der Waals surface area contributed by atoms with Crippen molar-refractivity contribution in [3.8, 4) is 0 Å². The predicted octanol–water partition coefficient (Wildman–Crippen LogP) is 0.675. The Morgan fingerprint density at radius 1 is 1.24 bits per heavy atom. The summed E-state index contributed by atoms with van der Waals surface area (Å²) < 4.78 is 0. The van der Waals surface area contributed by atoms with Gasteiger partial charge in [0.15, 0.2) is 0 Å². The van der Waals surface area contributed by atoms with Crippen LogP contribution >= 0.6 is 0 Å². The van der Waals surface area contributed by atoms with Crippen molar-refractivity contribution in [1.29, 1.82) is 0 Å². The molecule has 0 saturated heterocycles. The van der Waals surface area contributed by atoms with E-state index in [9.17, 15) is 9.59 Å². The van der Waals surface area contributed by atoms with Gasteiger partial charge in [-0.1, -0.05) is 30.3 Å². The van der Waals surface area contributed by atoms with Gasteiger partial charge in [0, 0.05) is 6.04 Å². The topological polar surface area (TPSA) is 84.2 Å². The number of benzene rings is 1. The number of imide groups is 1. The average Bonchev–Trinajstić information content (AvgIpc) is 3.10. The molecule has 90 valence electrons. The number of carbonyl (C=O) groups excluding carboxylic acids is 2. The van der Waals surface area contributed by atoms with E-state index in [4.69, 9.17) is 5.73 Å². The minimum atomic E-state index is -0.825. The van der Waals surface area contributed by atoms with Gasteiger partial charge in [0.2, 0.25) is 5.91 Å². The number of hydrogen-bond donors (Lipinski definition) is 3. The molecule has 4 N–H and O–H groups in total. The summed E-state index contributed by atoms with van der Waals surface area (Å²) >= 11 is 0. The largest absolute Gasteiger partial charge is 0.351 e. The molecule has 0 aromatic heterocycles. The van der Waals surface area contributed by atoms with Crippen LogP contribution in [-0.4, -0.2) is 18.0 Å². The fraction of sp³-hybridized carbons (Fsp3) is 0.333. The molecule has 0 spiro atoms. The number of amides is 3. The van der Waals surface area contributed by atoms with E-state index in [1.165, 1.54) is 0 Å². The summed E-state index contributed by atoms with van der Waals surface area (Å²) in [6.45, 7) is 0. The van der Waals surface area contributed by atoms with Crippen LogP contribution in [0.2, 0.25) is 0 Å². The van der Waals surface area contributed by atoms with Gasteiger partial charge in [0.25, 0.3) is 0 Å². The van der Waals surface area contributed by atoms with Crippen molar-refractivity contribution in [2.45, 2.75) is 24.9 Å². The molecule has 1 aromatic rings. The van der Waals surface area contributed by atoms with Crippen molar-refractivity contribution < 1.29 is 9.59 Å². The highest BCUT2D eigenvalue weighted by Gasteiger charge is 2.29. The number of primary amides is 1. The first-order chi connectivity index (χ1) is 8.16. The highest BCUT2D eigenvalue weighted by atomic mass is 16.2. The number of nitrogens with two attached hydrogens (primary N) is 1. The maximum absolute atomic E-state index is 11.8. The fourth-order valence-corrected chi connectivity index (χ4v) is 1.65. The molecular weight excluding hydrogens is 218 g/mol. The maximum atomic E-state index is 11.8. The maximum Gasteiger partial charge on any atom is 0.318 e. The zero-order chi connectivity index (χ0) is 12.3. The molecule has 1 aliphatic carbocycles. The molecule has 2 rings (SSSR count). The third kappa shape index (κ3) is 3.29. The highest BCUT2D eigenvalue weighted by Crippen LogP contribution is 2.24. The summed E-state index contributed by atoms with van der Waals surface area (Å²) in [4.78, 5) is 22.6. The van der Waals surface area contributed by atoms with Crippen LogP contribution in [0.5, 0.6) is 0 Å². The van der Waals surface area contributed by atoms with Crippen LogP contribution in [0.4, 0.5) is 4.79 Å². The first-order valence-corrected chi connectivity index (χ1v) is 5.58. The number of nitrogens with one attached hydrogen (secondary N) is 2. The Morgan fingerprint density at radius 2 is 1.88 bits per heavy atom. The van der Waals surface area contributed by atoms with E-state index in [2.05, 4.69) is 10.6 Å². The molecule has 1 aromatic carbocycles. The van der Waals surface area contributed by atoms with Crippen LogP contribution in [0, 0.1) is 0 Å². The van der Waals surface area contributed by atoms with E-state index >= 15 is 0 Å². The minimum absolute atomic E-state index is 0.360. The van der Waals surface area contributed by atoms with Gasteiger partial charge in [0.05, 0.1) is 0 Å². The number of hydrogen-bond acceptors (Lipinski definition) is 3. The lowest BCUT2D eigenvalue weighted by Gasteiger charge is -2.17. The van der Waals surface area contributed by atoms with Crippen molar-refractivity contribution >= 4 is 11.9 Å². The lowest BCUT2D eigenvalue weighted by atomic mass is 10.1. The number of urea groups is 1. The lowest BCUT2D eigenvalue weighted by Crippen LogP contribution is -2.43. The van der Waals surface area contributed by atoms with Gasteiger partial charge < -0.3 is 5.73 Å². The zero-order valence-electron chi connectivity index (χ0n) is 9.35. The van der Waals surface area contributed by atoms with Crippen LogP contribution in [0.15, 0.2) is 30.3 Å². The molecule has 1 aliphatic rings. The summed E-state index contributed by atoms with van der Waals surface area (Å²) in [5, 5.41) is 5.30. The Balaban J connectivity index is 2.12. The molecule has 1 atom stereocenters. The van der Waals surface area contributed by atoms with Crippen LogP contribution in [0.1, 0.15) is 24.4 Å². The van der Waals surface area contributed by atoms with E-state index in [1.54, 1.807) is 0 Å². The molecule has 1 saturated carbocycles. The minimum Gasteiger partial charge on any atom is -0.351 e. The average molecular weight is 233 g/mol. The van der Waals surface area contributed by atoms with E-state index < -0.39 is 18.0 Å². The molecular formula is C12H15N3O2. The summed E-state index contributed by atoms with van der Waals surface area (Å²) in [7, 11) is 0. The van der Waals surface area contributed by atoms with E-state index in [0.29, 0.717) is 6.04 Å². The first kappa shape index (κ1) is 11.6. The van der Waals surface area contributed by atoms with Crippen molar-refractivity contribution in [2.24, 2.45) is 5.73 Å². The Kier molecular flexibility index (Phi) is 3.39. The standard InChI is InChI=1S/C12H15N3O2/c13-12(17)15-11(16)10(14-9-6-7-9)8-4-2-1-3-5-8/h1-5,9-10,14H,6-7H2,(H3,13,15,16,17)/t10-/m0/s1. The van der Waals surface area contributed by atoms with Gasteiger partial charge in [-0.2, -0.15) is 0 Å². The fourth-order valence-electron chi connectivity index (χ4n) is 1.65. The van der Waals surface area contributed by atoms with Gasteiger partial charge in [0.1, 0.15) is 6.04 Å². The summed E-state index contributed by atoms with van der Waals surface area (Å²) in [5.74, 6) is -0.407. The first-order valence-electron chi connectivity index (χ1n) is 5.58. The molecule has 17 heavy (non-hydrogen) atoms. The van der Waals surface area contributed by atoms with Gasteiger partial charge in [-0.15, -0.1) is 0 Å². The second-order valence-corrected chi connectivity index (χ2v) is 4.14. The van der Waals surface area contributed by atoms with Crippen LogP contribution in [-0.2, 0) is 4.79 Å². The Morgan fingerprint density at radius 3 is 2.41 bits per heavy atom. The molecule has 3 amide bonds. The van der Waals surface area contributed by atoms with Crippen molar-refractivity contribution in [1.82, 2.24) is 10.6 Å². The smallest absolute Gasteiger partial charge is 0.318 e. The zero-order valence-corrected chi connectivity index (χ0v) is 9.35. The molecule has 0 heterocycles. The van der Waals surface area contributed by atoms with Gasteiger partial charge in [-0.05, 0) is 18.4 Å². The van der Waals surface area contributed by atoms with E-state index in [1.807, 2.05) is 30.3 Å². The van der Waals surface area contributed by atoms with Crippen LogP contribution in [0.25, 0.3) is 0 Å². The van der Waals surface area contributed by atoms with Crippen LogP contribution in [0.3, 0.4) is 0 Å². The molecule has 0 unspecified atom stereocenters. The normalized spacial score (nSPS) is 16.2. The quantitative estimate of drug-likeness (QED) is 0.714. The summed E-state index contributed by atoms with van der Waals surface area (Å²) in [5.41, 5.74) is 5.79. The van der Waals surface area contributed by atoms with Gasteiger partial charge >= 0.3 is 6.03 Å². The van der Waals surface area contributed by atoms with E-state index in [-0.39, 0.29) is 0 Å². The molecule has 0 aliphatic heterocycles. The molecule has 5 nitrogen and oxygen atoms in total.